The van der Waals surface area contributed by atoms with E-state index in [2.05, 4.69) is 0 Å². The monoisotopic (exact) mass is 210 g/mol. The molecule has 0 aromatic rings. The molecule has 1 heterocycles. The van der Waals surface area contributed by atoms with Crippen molar-refractivity contribution in [2.45, 2.75) is 12.5 Å². The van der Waals surface area contributed by atoms with Crippen LogP contribution in [0.15, 0.2) is 23.6 Å². The van der Waals surface area contributed by atoms with Gasteiger partial charge in [0.2, 0.25) is 0 Å². The summed E-state index contributed by atoms with van der Waals surface area (Å²) in [5, 5.41) is 0. The fourth-order valence-corrected chi connectivity index (χ4v) is 2.49. The summed E-state index contributed by atoms with van der Waals surface area (Å²) in [6.07, 6.45) is 4.23. The van der Waals surface area contributed by atoms with Gasteiger partial charge in [0.15, 0.2) is 0 Å². The van der Waals surface area contributed by atoms with Crippen LogP contribution in [-0.2, 0) is 14.3 Å². The fraction of sp³-hybridized carbons (Fsp3) is 0.545. The molecule has 80 valence electrons. The maximum absolute atomic E-state index is 13.4. The molecule has 1 saturated carbocycles. The first-order chi connectivity index (χ1) is 7.25. The lowest BCUT2D eigenvalue weighted by atomic mass is 10.00. The second kappa shape index (κ2) is 3.00. The first-order valence-corrected chi connectivity index (χ1v) is 5.00. The van der Waals surface area contributed by atoms with Gasteiger partial charge in [-0.2, -0.15) is 0 Å². The lowest BCUT2D eigenvalue weighted by Gasteiger charge is -2.26. The normalized spacial score (nSPS) is 43.0. The molecule has 0 aromatic carbocycles. The van der Waals surface area contributed by atoms with E-state index in [9.17, 15) is 9.18 Å². The molecule has 3 atom stereocenters. The van der Waals surface area contributed by atoms with E-state index in [4.69, 9.17) is 9.47 Å². The van der Waals surface area contributed by atoms with Gasteiger partial charge in [-0.15, -0.1) is 0 Å². The number of aldehydes is 1. The van der Waals surface area contributed by atoms with Crippen LogP contribution < -0.4 is 0 Å². The molecule has 0 spiro atoms. The van der Waals surface area contributed by atoms with Crippen LogP contribution in [0.4, 0.5) is 4.39 Å². The Bertz CT molecular complexity index is 374. The quantitative estimate of drug-likeness (QED) is 0.613. The van der Waals surface area contributed by atoms with Crippen molar-refractivity contribution in [2.24, 2.45) is 11.3 Å². The third-order valence-corrected chi connectivity index (χ3v) is 3.38. The van der Waals surface area contributed by atoms with Crippen molar-refractivity contribution in [2.75, 3.05) is 13.4 Å². The Morgan fingerprint density at radius 3 is 3.27 bits per heavy atom. The second-order valence-electron chi connectivity index (χ2n) is 4.34. The average Bonchev–Trinajstić information content (AvgIpc) is 2.93. The maximum Gasteiger partial charge on any atom is 0.147 e. The molecule has 0 N–H and O–H groups in total. The molecule has 4 heteroatoms. The molecule has 0 aromatic heterocycles. The zero-order valence-corrected chi connectivity index (χ0v) is 8.11. The van der Waals surface area contributed by atoms with Crippen LogP contribution in [0.1, 0.15) is 6.42 Å². The second-order valence-corrected chi connectivity index (χ2v) is 4.34. The highest BCUT2D eigenvalue weighted by Gasteiger charge is 2.59. The molecule has 1 saturated heterocycles. The topological polar surface area (TPSA) is 35.5 Å². The van der Waals surface area contributed by atoms with Gasteiger partial charge in [0, 0.05) is 5.92 Å². The van der Waals surface area contributed by atoms with Gasteiger partial charge in [-0.05, 0) is 24.1 Å². The number of carbonyl (C=O) groups is 1. The Labute approximate surface area is 86.5 Å². The van der Waals surface area contributed by atoms with E-state index in [-0.39, 0.29) is 24.6 Å². The smallest absolute Gasteiger partial charge is 0.147 e. The maximum atomic E-state index is 13.4. The molecular weight excluding hydrogens is 199 g/mol. The van der Waals surface area contributed by atoms with Crippen LogP contribution in [0.2, 0.25) is 0 Å². The number of fused-ring (bicyclic) bond motifs is 3. The predicted octanol–water partition coefficient (Wildman–Crippen LogP) is 1.36. The minimum absolute atomic E-state index is 0.0957. The third kappa shape index (κ3) is 1.28. The molecule has 3 unspecified atom stereocenters. The number of allylic oxidation sites excluding steroid dienone is 3. The first-order valence-electron chi connectivity index (χ1n) is 5.00. The van der Waals surface area contributed by atoms with E-state index >= 15 is 0 Å². The molecule has 0 amide bonds. The van der Waals surface area contributed by atoms with E-state index < -0.39 is 5.41 Å². The SMILES string of the molecule is O=CC12C=C(F)C=C3COCOC3C1C2. The van der Waals surface area contributed by atoms with Crippen LogP contribution in [0, 0.1) is 11.3 Å². The van der Waals surface area contributed by atoms with Crippen LogP contribution in [-0.4, -0.2) is 25.8 Å². The summed E-state index contributed by atoms with van der Waals surface area (Å²) in [4.78, 5) is 11.0. The van der Waals surface area contributed by atoms with Crippen molar-refractivity contribution in [3.63, 3.8) is 0 Å². The van der Waals surface area contributed by atoms with Gasteiger partial charge in [-0.25, -0.2) is 4.39 Å². The van der Waals surface area contributed by atoms with Crippen LogP contribution in [0.25, 0.3) is 0 Å². The molecule has 3 aliphatic rings. The highest BCUT2D eigenvalue weighted by molar-refractivity contribution is 5.70. The van der Waals surface area contributed by atoms with Crippen molar-refractivity contribution in [3.8, 4) is 0 Å². The summed E-state index contributed by atoms with van der Waals surface area (Å²) in [6, 6.07) is 0. The van der Waals surface area contributed by atoms with Gasteiger partial charge in [0.1, 0.15) is 18.9 Å². The molecule has 0 radical (unpaired) electrons. The number of halogens is 1. The Kier molecular flexibility index (Phi) is 1.85. The van der Waals surface area contributed by atoms with E-state index in [1.54, 1.807) is 0 Å². The highest BCUT2D eigenvalue weighted by Crippen LogP contribution is 2.58. The Hall–Kier alpha value is -1.00. The molecule has 15 heavy (non-hydrogen) atoms. The highest BCUT2D eigenvalue weighted by atomic mass is 19.1. The Morgan fingerprint density at radius 1 is 1.60 bits per heavy atom. The summed E-state index contributed by atoms with van der Waals surface area (Å²) in [7, 11) is 0. The van der Waals surface area contributed by atoms with Gasteiger partial charge in [0.05, 0.1) is 18.1 Å². The van der Waals surface area contributed by atoms with Gasteiger partial charge >= 0.3 is 0 Å². The van der Waals surface area contributed by atoms with Crippen LogP contribution in [0.5, 0.6) is 0 Å². The van der Waals surface area contributed by atoms with Crippen LogP contribution in [0.3, 0.4) is 0 Å². The number of carbonyl (C=O) groups excluding carboxylic acids is 1. The lowest BCUT2D eigenvalue weighted by Crippen LogP contribution is -2.30. The van der Waals surface area contributed by atoms with Crippen molar-refractivity contribution < 1.29 is 18.7 Å². The summed E-state index contributed by atoms with van der Waals surface area (Å²) in [5.74, 6) is -0.255. The Balaban J connectivity index is 1.98. The van der Waals surface area contributed by atoms with Gasteiger partial charge < -0.3 is 14.3 Å². The predicted molar refractivity (Wildman–Crippen MR) is 49.6 cm³/mol. The number of rotatable bonds is 1. The van der Waals surface area contributed by atoms with Crippen molar-refractivity contribution >= 4 is 6.29 Å². The molecule has 1 aliphatic heterocycles. The number of ether oxygens (including phenoxy) is 2. The summed E-state index contributed by atoms with van der Waals surface area (Å²) >= 11 is 0. The minimum atomic E-state index is -0.621. The fourth-order valence-electron chi connectivity index (χ4n) is 2.49. The standard InChI is InChI=1S/C11H11FO3/c12-8-1-7-4-14-6-15-10(7)9-3-11(9,2-8)5-13/h1-2,5,9-10H,3-4,6H2. The average molecular weight is 210 g/mol. The van der Waals surface area contributed by atoms with Gasteiger partial charge in [-0.3, -0.25) is 0 Å². The summed E-state index contributed by atoms with van der Waals surface area (Å²) in [5.41, 5.74) is 0.186. The summed E-state index contributed by atoms with van der Waals surface area (Å²) < 4.78 is 24.0. The Morgan fingerprint density at radius 2 is 2.47 bits per heavy atom. The van der Waals surface area contributed by atoms with Crippen LogP contribution >= 0.6 is 0 Å². The van der Waals surface area contributed by atoms with E-state index in [1.165, 1.54) is 12.2 Å². The molecule has 3 nitrogen and oxygen atoms in total. The minimum Gasteiger partial charge on any atom is -0.351 e. The molecular formula is C11H11FO3. The third-order valence-electron chi connectivity index (χ3n) is 3.38. The van der Waals surface area contributed by atoms with Crippen molar-refractivity contribution in [1.82, 2.24) is 0 Å². The van der Waals surface area contributed by atoms with E-state index in [1.807, 2.05) is 0 Å². The molecule has 2 aliphatic carbocycles. The molecule has 0 bridgehead atoms. The van der Waals surface area contributed by atoms with Crippen molar-refractivity contribution in [1.29, 1.82) is 0 Å². The zero-order valence-electron chi connectivity index (χ0n) is 8.11. The lowest BCUT2D eigenvalue weighted by molar-refractivity contribution is -0.121. The van der Waals surface area contributed by atoms with Crippen molar-refractivity contribution in [3.05, 3.63) is 23.6 Å². The number of hydrogen-bond acceptors (Lipinski definition) is 3. The largest absolute Gasteiger partial charge is 0.351 e. The van der Waals surface area contributed by atoms with Gasteiger partial charge in [0.25, 0.3) is 0 Å². The van der Waals surface area contributed by atoms with E-state index in [0.717, 1.165) is 11.9 Å². The first kappa shape index (κ1) is 9.24. The summed E-state index contributed by atoms with van der Waals surface area (Å²) in [6.45, 7) is 0.631. The molecule has 2 fully saturated rings. The zero-order chi connectivity index (χ0) is 10.5. The number of hydrogen-bond donors (Lipinski definition) is 0. The van der Waals surface area contributed by atoms with E-state index in [0.29, 0.717) is 13.0 Å². The molecule has 3 rings (SSSR count). The van der Waals surface area contributed by atoms with Gasteiger partial charge in [-0.1, -0.05) is 0 Å².